The van der Waals surface area contributed by atoms with Gasteiger partial charge in [-0.3, -0.25) is 0 Å². The molecule has 0 saturated carbocycles. The summed E-state index contributed by atoms with van der Waals surface area (Å²) in [7, 11) is 0.451. The highest BCUT2D eigenvalue weighted by molar-refractivity contribution is 7.36. The lowest BCUT2D eigenvalue weighted by Gasteiger charge is -2.37. The Bertz CT molecular complexity index is 620. The Balaban J connectivity index is 0. The molecule has 0 bridgehead atoms. The van der Waals surface area contributed by atoms with Crippen LogP contribution in [0.3, 0.4) is 0 Å². The van der Waals surface area contributed by atoms with E-state index in [2.05, 4.69) is 4.74 Å². The Kier molecular flexibility index (Phi) is 13.6. The summed E-state index contributed by atoms with van der Waals surface area (Å²) < 4.78 is 90.6. The number of halogens is 6. The second-order valence-electron chi connectivity index (χ2n) is 6.78. The normalized spacial score (nSPS) is 12.6. The van der Waals surface area contributed by atoms with Crippen molar-refractivity contribution in [3.05, 3.63) is 35.4 Å². The number of ether oxygens (including phenoxy) is 2. The van der Waals surface area contributed by atoms with E-state index in [1.807, 2.05) is 34.4 Å². The van der Waals surface area contributed by atoms with Crippen LogP contribution in [0.15, 0.2) is 24.3 Å². The molecular formula is C21H33F6O3P. The molecule has 3 nitrogen and oxygen atoms in total. The van der Waals surface area contributed by atoms with Gasteiger partial charge in [-0.15, -0.1) is 8.58 Å². The lowest BCUT2D eigenvalue weighted by atomic mass is 9.91. The minimum atomic E-state index is -5.85. The van der Waals surface area contributed by atoms with Gasteiger partial charge in [-0.25, -0.2) is 4.79 Å². The fourth-order valence-corrected chi connectivity index (χ4v) is 2.98. The van der Waals surface area contributed by atoms with Crippen LogP contribution in [-0.4, -0.2) is 37.2 Å². The SMILES string of the molecule is CC.CC.CPCc1ccc(C(OCC(=O)OC(C)(C)C)(C(F)(F)F)C(F)(F)F)cc1. The Morgan fingerprint density at radius 2 is 1.29 bits per heavy atom. The number of benzene rings is 1. The zero-order chi connectivity index (χ0) is 25.1. The number of esters is 1. The predicted molar refractivity (Wildman–Crippen MR) is 113 cm³/mol. The lowest BCUT2D eigenvalue weighted by molar-refractivity contribution is -0.388. The van der Waals surface area contributed by atoms with E-state index in [-0.39, 0.29) is 0 Å². The molecule has 10 heteroatoms. The number of carbonyl (C=O) groups excluding carboxylic acids is 1. The molecule has 0 heterocycles. The molecule has 1 aromatic carbocycles. The Hall–Kier alpha value is -1.34. The summed E-state index contributed by atoms with van der Waals surface area (Å²) in [5.74, 6) is -1.33. The first-order valence-corrected chi connectivity index (χ1v) is 11.6. The fourth-order valence-electron chi connectivity index (χ4n) is 2.33. The largest absolute Gasteiger partial charge is 0.458 e. The Labute approximate surface area is 182 Å². The highest BCUT2D eigenvalue weighted by Crippen LogP contribution is 2.53. The van der Waals surface area contributed by atoms with Gasteiger partial charge in [0, 0.05) is 5.56 Å². The topological polar surface area (TPSA) is 35.5 Å². The molecule has 0 aliphatic carbocycles. The van der Waals surface area contributed by atoms with Crippen molar-refractivity contribution in [2.45, 2.75) is 78.2 Å². The van der Waals surface area contributed by atoms with Gasteiger partial charge in [0.25, 0.3) is 5.60 Å². The molecule has 0 amide bonds. The maximum absolute atomic E-state index is 13.6. The third-order valence-corrected chi connectivity index (χ3v) is 4.13. The van der Waals surface area contributed by atoms with Crippen molar-refractivity contribution in [1.82, 2.24) is 0 Å². The van der Waals surface area contributed by atoms with Crippen LogP contribution in [0.2, 0.25) is 0 Å². The Morgan fingerprint density at radius 3 is 1.61 bits per heavy atom. The van der Waals surface area contributed by atoms with Crippen LogP contribution in [0.5, 0.6) is 0 Å². The summed E-state index contributed by atoms with van der Waals surface area (Å²) in [5, 5.41) is 0. The van der Waals surface area contributed by atoms with Gasteiger partial charge in [0.05, 0.1) is 0 Å². The molecule has 1 rings (SSSR count). The van der Waals surface area contributed by atoms with Crippen LogP contribution >= 0.6 is 8.58 Å². The van der Waals surface area contributed by atoms with Crippen LogP contribution in [0.4, 0.5) is 26.3 Å². The quantitative estimate of drug-likeness (QED) is 0.246. The molecule has 0 aromatic heterocycles. The van der Waals surface area contributed by atoms with Crippen molar-refractivity contribution >= 4 is 14.6 Å². The van der Waals surface area contributed by atoms with E-state index in [9.17, 15) is 31.1 Å². The fraction of sp³-hybridized carbons (Fsp3) is 0.667. The Morgan fingerprint density at radius 1 is 0.871 bits per heavy atom. The van der Waals surface area contributed by atoms with E-state index >= 15 is 0 Å². The number of hydrogen-bond donors (Lipinski definition) is 0. The monoisotopic (exact) mass is 478 g/mol. The van der Waals surface area contributed by atoms with E-state index in [4.69, 9.17) is 4.74 Å². The molecule has 1 aromatic rings. The van der Waals surface area contributed by atoms with E-state index in [0.29, 0.717) is 20.3 Å². The summed E-state index contributed by atoms with van der Waals surface area (Å²) in [6, 6.07) is 3.83. The molecule has 1 unspecified atom stereocenters. The predicted octanol–water partition coefficient (Wildman–Crippen LogP) is 7.23. The molecule has 182 valence electrons. The van der Waals surface area contributed by atoms with E-state index in [0.717, 1.165) is 12.1 Å². The highest BCUT2D eigenvalue weighted by atomic mass is 31.1. The maximum atomic E-state index is 13.6. The van der Waals surface area contributed by atoms with Gasteiger partial charge in [-0.2, -0.15) is 26.3 Å². The molecule has 0 spiro atoms. The summed E-state index contributed by atoms with van der Waals surface area (Å²) in [4.78, 5) is 11.6. The first-order valence-electron chi connectivity index (χ1n) is 9.87. The summed E-state index contributed by atoms with van der Waals surface area (Å²) in [6.07, 6.45) is -11.2. The van der Waals surface area contributed by atoms with Crippen molar-refractivity contribution in [2.24, 2.45) is 0 Å². The molecule has 0 aliphatic heterocycles. The van der Waals surface area contributed by atoms with Gasteiger partial charge >= 0.3 is 18.3 Å². The lowest BCUT2D eigenvalue weighted by Crippen LogP contribution is -2.56. The molecule has 0 saturated heterocycles. The zero-order valence-corrected chi connectivity index (χ0v) is 20.2. The summed E-state index contributed by atoms with van der Waals surface area (Å²) in [6.45, 7) is 12.6. The molecule has 0 fully saturated rings. The van der Waals surface area contributed by atoms with Crippen molar-refractivity contribution in [3.8, 4) is 0 Å². The van der Waals surface area contributed by atoms with Crippen LogP contribution in [0.1, 0.15) is 59.6 Å². The van der Waals surface area contributed by atoms with Crippen molar-refractivity contribution in [1.29, 1.82) is 0 Å². The highest BCUT2D eigenvalue weighted by Gasteiger charge is 2.73. The summed E-state index contributed by atoms with van der Waals surface area (Å²) >= 11 is 0. The number of hydrogen-bond acceptors (Lipinski definition) is 3. The third kappa shape index (κ3) is 9.36. The van der Waals surface area contributed by atoms with E-state index in [1.165, 1.54) is 32.9 Å². The molecule has 0 radical (unpaired) electrons. The first-order chi connectivity index (χ1) is 14.1. The minimum absolute atomic E-state index is 0.451. The smallest absolute Gasteiger partial charge is 0.430 e. The van der Waals surface area contributed by atoms with E-state index < -0.39 is 41.7 Å². The molecule has 0 aliphatic rings. The van der Waals surface area contributed by atoms with Crippen LogP contribution in [-0.2, 0) is 26.0 Å². The van der Waals surface area contributed by atoms with Crippen molar-refractivity contribution in [2.75, 3.05) is 13.3 Å². The third-order valence-electron chi connectivity index (χ3n) is 3.37. The average Bonchev–Trinajstić information content (AvgIpc) is 2.63. The molecular weight excluding hydrogens is 445 g/mol. The van der Waals surface area contributed by atoms with Crippen LogP contribution < -0.4 is 0 Å². The van der Waals surface area contributed by atoms with Crippen molar-refractivity contribution in [3.63, 3.8) is 0 Å². The van der Waals surface area contributed by atoms with Gasteiger partial charge < -0.3 is 9.47 Å². The van der Waals surface area contributed by atoms with Crippen LogP contribution in [0, 0.1) is 0 Å². The minimum Gasteiger partial charge on any atom is -0.458 e. The number of alkyl halides is 6. The standard InChI is InChI=1S/C17H21F6O3P.2C2H6/c1-14(2,3)26-13(24)9-25-15(16(18,19)20,17(21,22)23)12-7-5-11(6-8-12)10-27-4;2*1-2/h5-8,27H,9-10H2,1-4H3;2*1-2H3. The molecule has 0 N–H and O–H groups in total. The second kappa shape index (κ2) is 13.3. The van der Waals surface area contributed by atoms with Crippen molar-refractivity contribution < 1.29 is 40.6 Å². The number of carbonyl (C=O) groups is 1. The first kappa shape index (κ1) is 31.8. The average molecular weight is 478 g/mol. The molecule has 1 atom stereocenters. The zero-order valence-electron chi connectivity index (χ0n) is 19.2. The molecule has 31 heavy (non-hydrogen) atoms. The maximum Gasteiger partial charge on any atom is 0.430 e. The van der Waals surface area contributed by atoms with Gasteiger partial charge in [0.15, 0.2) is 0 Å². The van der Waals surface area contributed by atoms with Gasteiger partial charge in [0.1, 0.15) is 12.2 Å². The van der Waals surface area contributed by atoms with Crippen LogP contribution in [0.25, 0.3) is 0 Å². The van der Waals surface area contributed by atoms with E-state index in [1.54, 1.807) is 0 Å². The van der Waals surface area contributed by atoms with Gasteiger partial charge in [-0.05, 0) is 39.2 Å². The second-order valence-corrected chi connectivity index (χ2v) is 7.84. The van der Waals surface area contributed by atoms with Gasteiger partial charge in [-0.1, -0.05) is 52.0 Å². The number of rotatable bonds is 6. The van der Waals surface area contributed by atoms with Gasteiger partial charge in [0.2, 0.25) is 0 Å². The summed E-state index contributed by atoms with van der Waals surface area (Å²) in [5.41, 5.74) is -6.26.